The van der Waals surface area contributed by atoms with Gasteiger partial charge in [0, 0.05) is 45.9 Å². The predicted molar refractivity (Wildman–Crippen MR) is 306 cm³/mol. The van der Waals surface area contributed by atoms with Gasteiger partial charge in [-0.2, -0.15) is 0 Å². The first-order valence-electron chi connectivity index (χ1n) is 25.8. The van der Waals surface area contributed by atoms with Crippen molar-refractivity contribution < 1.29 is 4.74 Å². The van der Waals surface area contributed by atoms with E-state index in [0.717, 1.165) is 39.4 Å². The van der Waals surface area contributed by atoms with Crippen molar-refractivity contribution in [2.75, 3.05) is 16.5 Å². The molecule has 0 fully saturated rings. The molecule has 0 aliphatic carbocycles. The van der Waals surface area contributed by atoms with Gasteiger partial charge in [-0.05, 0) is 133 Å². The minimum atomic E-state index is -0.223. The molecule has 0 unspecified atom stereocenters. The van der Waals surface area contributed by atoms with E-state index in [4.69, 9.17) is 9.72 Å². The number of anilines is 4. The van der Waals surface area contributed by atoms with Crippen LogP contribution >= 0.6 is 0 Å². The molecule has 1 aliphatic rings. The maximum Gasteiger partial charge on any atom is 0.137 e. The van der Waals surface area contributed by atoms with Crippen LogP contribution in [-0.4, -0.2) is 16.2 Å². The zero-order chi connectivity index (χ0) is 51.1. The van der Waals surface area contributed by atoms with Crippen molar-refractivity contribution in [3.05, 3.63) is 203 Å². The van der Waals surface area contributed by atoms with Crippen LogP contribution in [0.5, 0.6) is 11.5 Å². The molecule has 0 saturated heterocycles. The Hall–Kier alpha value is -7.11. The van der Waals surface area contributed by atoms with Crippen molar-refractivity contribution in [2.45, 2.75) is 124 Å². The summed E-state index contributed by atoms with van der Waals surface area (Å²) in [5.41, 5.74) is 16.4. The fourth-order valence-corrected chi connectivity index (χ4v) is 10.6. The van der Waals surface area contributed by atoms with Crippen LogP contribution in [-0.2, 0) is 27.1 Å². The molecule has 2 aromatic heterocycles. The lowest BCUT2D eigenvalue weighted by molar-refractivity contribution is 0.479. The number of aromatic nitrogens is 2. The first kappa shape index (κ1) is 48.5. The second-order valence-electron chi connectivity index (χ2n) is 24.8. The lowest BCUT2D eigenvalue weighted by atomic mass is 9.74. The highest BCUT2D eigenvalue weighted by atomic mass is 16.5. The Morgan fingerprint density at radius 2 is 0.958 bits per heavy atom. The smallest absolute Gasteiger partial charge is 0.137 e. The number of hydrogen-bond donors (Lipinski definition) is 0. The minimum absolute atomic E-state index is 0.0566. The van der Waals surface area contributed by atoms with E-state index in [1.165, 1.54) is 67.0 Å². The Balaban J connectivity index is 1.11. The first-order chi connectivity index (χ1) is 33.9. The standard InChI is InChI=1S/C67H72N4O/c1-63(2,3)48-33-45(44-23-17-15-18-24-44)34-50(35-48)69-43-70(61-42-57(66(10,11)12)56(41-60(61)69)65(7,8)9)51-36-49(64(4,5)6)37-53(39-51)72-52-29-30-55-54-27-21-22-28-58(54)71(59(55)40-52)62-38-47(31-32-68-62)67(13,14)46-25-19-16-20-26-46/h15-42H,43H2,1-14H3. The van der Waals surface area contributed by atoms with Gasteiger partial charge in [-0.15, -0.1) is 0 Å². The molecule has 1 aliphatic heterocycles. The zero-order valence-corrected chi connectivity index (χ0v) is 45.1. The van der Waals surface area contributed by atoms with Gasteiger partial charge in [-0.25, -0.2) is 4.98 Å². The summed E-state index contributed by atoms with van der Waals surface area (Å²) in [7, 11) is 0. The van der Waals surface area contributed by atoms with Crippen LogP contribution in [0.2, 0.25) is 0 Å². The van der Waals surface area contributed by atoms with E-state index in [9.17, 15) is 0 Å². The molecule has 366 valence electrons. The Labute approximate surface area is 429 Å². The van der Waals surface area contributed by atoms with Crippen LogP contribution in [0.25, 0.3) is 38.8 Å². The van der Waals surface area contributed by atoms with Gasteiger partial charge in [0.05, 0.1) is 22.4 Å². The molecule has 0 saturated carbocycles. The van der Waals surface area contributed by atoms with E-state index in [1.807, 2.05) is 6.20 Å². The monoisotopic (exact) mass is 949 g/mol. The van der Waals surface area contributed by atoms with Crippen molar-refractivity contribution in [1.82, 2.24) is 9.55 Å². The molecule has 7 aromatic carbocycles. The summed E-state index contributed by atoms with van der Waals surface area (Å²) in [4.78, 5) is 10.1. The van der Waals surface area contributed by atoms with Gasteiger partial charge in [-0.1, -0.05) is 182 Å². The van der Waals surface area contributed by atoms with Crippen molar-refractivity contribution in [3.8, 4) is 28.4 Å². The van der Waals surface area contributed by atoms with Crippen LogP contribution in [0, 0.1) is 0 Å². The molecular formula is C67H72N4O. The fourth-order valence-electron chi connectivity index (χ4n) is 10.6. The summed E-state index contributed by atoms with van der Waals surface area (Å²) < 4.78 is 9.43. The second kappa shape index (κ2) is 17.6. The fraction of sp³-hybridized carbons (Fsp3) is 0.299. The average Bonchev–Trinajstić information content (AvgIpc) is 3.88. The third kappa shape index (κ3) is 9.08. The first-order valence-corrected chi connectivity index (χ1v) is 25.8. The van der Waals surface area contributed by atoms with Crippen LogP contribution in [0.4, 0.5) is 22.7 Å². The Morgan fingerprint density at radius 1 is 0.403 bits per heavy atom. The van der Waals surface area contributed by atoms with Crippen LogP contribution in [0.3, 0.4) is 0 Å². The third-order valence-corrected chi connectivity index (χ3v) is 14.9. The van der Waals surface area contributed by atoms with Crippen LogP contribution in [0.15, 0.2) is 170 Å². The lowest BCUT2D eigenvalue weighted by Crippen LogP contribution is -2.25. The number of benzene rings is 7. The summed E-state index contributed by atoms with van der Waals surface area (Å²) in [5, 5.41) is 2.33. The van der Waals surface area contributed by atoms with Gasteiger partial charge < -0.3 is 14.5 Å². The summed E-state index contributed by atoms with van der Waals surface area (Å²) in [5.74, 6) is 2.44. The normalized spacial score (nSPS) is 13.6. The van der Waals surface area contributed by atoms with E-state index >= 15 is 0 Å². The molecular weight excluding hydrogens is 877 g/mol. The van der Waals surface area contributed by atoms with Gasteiger partial charge in [0.15, 0.2) is 0 Å². The molecule has 10 rings (SSSR count). The van der Waals surface area contributed by atoms with E-state index in [1.54, 1.807) is 0 Å². The SMILES string of the molecule is CC(C)(C)c1cc(Oc2ccc3c4ccccc4n(-c4cc(C(C)(C)c5ccccc5)ccn4)c3c2)cc(N2CN(c3cc(-c4ccccc4)cc(C(C)(C)C)c3)c3cc(C(C)(C)C)c(C(C)(C)C)cc32)c1. The number of rotatable bonds is 8. The molecule has 0 N–H and O–H groups in total. The molecule has 3 heterocycles. The molecule has 0 bridgehead atoms. The highest BCUT2D eigenvalue weighted by Gasteiger charge is 2.36. The second-order valence-corrected chi connectivity index (χ2v) is 24.8. The van der Waals surface area contributed by atoms with E-state index in [2.05, 4.69) is 275 Å². The lowest BCUT2D eigenvalue weighted by Gasteiger charge is -2.32. The summed E-state index contributed by atoms with van der Waals surface area (Å²) in [6.45, 7) is 33.1. The highest BCUT2D eigenvalue weighted by Crippen LogP contribution is 2.51. The van der Waals surface area contributed by atoms with Crippen molar-refractivity contribution in [1.29, 1.82) is 0 Å². The van der Waals surface area contributed by atoms with Gasteiger partial charge in [0.2, 0.25) is 0 Å². The number of hydrogen-bond acceptors (Lipinski definition) is 4. The van der Waals surface area contributed by atoms with Crippen LogP contribution < -0.4 is 14.5 Å². The maximum atomic E-state index is 7.13. The molecule has 5 nitrogen and oxygen atoms in total. The molecule has 9 aromatic rings. The van der Waals surface area contributed by atoms with Crippen molar-refractivity contribution >= 4 is 44.6 Å². The van der Waals surface area contributed by atoms with E-state index < -0.39 is 0 Å². The Morgan fingerprint density at radius 3 is 1.57 bits per heavy atom. The highest BCUT2D eigenvalue weighted by molar-refractivity contribution is 6.09. The summed E-state index contributed by atoms with van der Waals surface area (Å²) in [6.07, 6.45) is 1.95. The Bertz CT molecular complexity index is 3480. The largest absolute Gasteiger partial charge is 0.457 e. The van der Waals surface area contributed by atoms with Crippen molar-refractivity contribution in [3.63, 3.8) is 0 Å². The van der Waals surface area contributed by atoms with E-state index in [-0.39, 0.29) is 27.1 Å². The molecule has 5 heteroatoms. The van der Waals surface area contributed by atoms with Gasteiger partial charge in [0.25, 0.3) is 0 Å². The van der Waals surface area contributed by atoms with Crippen molar-refractivity contribution in [2.24, 2.45) is 0 Å². The van der Waals surface area contributed by atoms with E-state index in [0.29, 0.717) is 6.67 Å². The van der Waals surface area contributed by atoms with Gasteiger partial charge in [0.1, 0.15) is 24.0 Å². The predicted octanol–water partition coefficient (Wildman–Crippen LogP) is 18.4. The number of pyridine rings is 1. The number of fused-ring (bicyclic) bond motifs is 4. The van der Waals surface area contributed by atoms with Gasteiger partial charge in [-0.3, -0.25) is 4.57 Å². The minimum Gasteiger partial charge on any atom is -0.457 e. The molecule has 0 spiro atoms. The van der Waals surface area contributed by atoms with Gasteiger partial charge >= 0.3 is 0 Å². The summed E-state index contributed by atoms with van der Waals surface area (Å²) >= 11 is 0. The third-order valence-electron chi connectivity index (χ3n) is 14.9. The molecule has 72 heavy (non-hydrogen) atoms. The van der Waals surface area contributed by atoms with Crippen LogP contribution in [0.1, 0.15) is 130 Å². The number of para-hydroxylation sites is 1. The quantitative estimate of drug-likeness (QED) is 0.152. The Kier molecular flexibility index (Phi) is 11.8. The number of nitrogens with zero attached hydrogens (tertiary/aromatic N) is 4. The summed E-state index contributed by atoms with van der Waals surface area (Å²) in [6, 6.07) is 60.1. The maximum absolute atomic E-state index is 7.13. The zero-order valence-electron chi connectivity index (χ0n) is 45.1. The molecule has 0 atom stereocenters. The topological polar surface area (TPSA) is 33.5 Å². The average molecular weight is 949 g/mol. The number of ether oxygens (including phenoxy) is 1. The molecule has 0 radical (unpaired) electrons. The molecule has 0 amide bonds.